The number of rotatable bonds is 1. The number of hydrogen-bond acceptors (Lipinski definition) is 1. The van der Waals surface area contributed by atoms with Crippen LogP contribution in [0.5, 0.6) is 0 Å². The summed E-state index contributed by atoms with van der Waals surface area (Å²) in [4.78, 5) is 4.57. The van der Waals surface area contributed by atoms with Crippen molar-refractivity contribution in [3.05, 3.63) is 29.0 Å². The van der Waals surface area contributed by atoms with Crippen LogP contribution in [0, 0.1) is 0 Å². The molecular weight excluding hydrogens is 264 g/mol. The molecule has 0 atom stereocenters. The molecule has 0 unspecified atom stereocenters. The van der Waals surface area contributed by atoms with E-state index in [9.17, 15) is 0 Å². The minimum absolute atomic E-state index is 0.635. The van der Waals surface area contributed by atoms with Crippen LogP contribution in [-0.2, 0) is 0 Å². The topological polar surface area (TPSA) is 17.8 Å². The standard InChI is InChI=1S/C13H15BrN2/c14-13-15-11-8-4-5-9-12(11)16(13)10-6-2-1-3-7-10/h4-5,8-10H,1-3,6-7H2. The lowest BCUT2D eigenvalue weighted by molar-refractivity contribution is 0.355. The van der Waals surface area contributed by atoms with Crippen LogP contribution in [0.4, 0.5) is 0 Å². The molecule has 0 spiro atoms. The zero-order valence-electron chi connectivity index (χ0n) is 9.19. The van der Waals surface area contributed by atoms with E-state index in [4.69, 9.17) is 0 Å². The van der Waals surface area contributed by atoms with Gasteiger partial charge in [-0.2, -0.15) is 0 Å². The summed E-state index contributed by atoms with van der Waals surface area (Å²) in [5, 5.41) is 0. The summed E-state index contributed by atoms with van der Waals surface area (Å²) in [7, 11) is 0. The highest BCUT2D eigenvalue weighted by Crippen LogP contribution is 2.33. The van der Waals surface area contributed by atoms with E-state index < -0.39 is 0 Å². The van der Waals surface area contributed by atoms with Gasteiger partial charge in [0.1, 0.15) is 0 Å². The fraction of sp³-hybridized carbons (Fsp3) is 0.462. The summed E-state index contributed by atoms with van der Waals surface area (Å²) in [5.74, 6) is 0. The predicted molar refractivity (Wildman–Crippen MR) is 69.6 cm³/mol. The maximum atomic E-state index is 4.57. The van der Waals surface area contributed by atoms with E-state index in [-0.39, 0.29) is 0 Å². The summed E-state index contributed by atoms with van der Waals surface area (Å²) in [6.07, 6.45) is 6.67. The monoisotopic (exact) mass is 278 g/mol. The van der Waals surface area contributed by atoms with Gasteiger partial charge in [-0.05, 0) is 40.9 Å². The van der Waals surface area contributed by atoms with Crippen LogP contribution in [0.3, 0.4) is 0 Å². The van der Waals surface area contributed by atoms with Crippen molar-refractivity contribution in [1.82, 2.24) is 9.55 Å². The first kappa shape index (κ1) is 10.3. The molecule has 2 aromatic rings. The van der Waals surface area contributed by atoms with Gasteiger partial charge in [0.15, 0.2) is 4.73 Å². The quantitative estimate of drug-likeness (QED) is 0.760. The van der Waals surface area contributed by atoms with E-state index >= 15 is 0 Å². The molecule has 1 aliphatic rings. The molecule has 0 N–H and O–H groups in total. The first-order valence-corrected chi connectivity index (χ1v) is 6.78. The molecule has 0 bridgehead atoms. The van der Waals surface area contributed by atoms with Crippen molar-refractivity contribution in [2.75, 3.05) is 0 Å². The van der Waals surface area contributed by atoms with Gasteiger partial charge in [0.05, 0.1) is 11.0 Å². The average Bonchev–Trinajstić information content (AvgIpc) is 2.66. The summed E-state index contributed by atoms with van der Waals surface area (Å²) in [5.41, 5.74) is 2.36. The van der Waals surface area contributed by atoms with Crippen LogP contribution in [0.25, 0.3) is 11.0 Å². The highest BCUT2D eigenvalue weighted by atomic mass is 79.9. The van der Waals surface area contributed by atoms with Crippen LogP contribution in [0.1, 0.15) is 38.1 Å². The molecule has 1 saturated carbocycles. The van der Waals surface area contributed by atoms with Crippen molar-refractivity contribution in [3.63, 3.8) is 0 Å². The van der Waals surface area contributed by atoms with Gasteiger partial charge in [0.2, 0.25) is 0 Å². The maximum Gasteiger partial charge on any atom is 0.178 e. The number of halogens is 1. The lowest BCUT2D eigenvalue weighted by Gasteiger charge is -2.24. The van der Waals surface area contributed by atoms with Crippen molar-refractivity contribution in [1.29, 1.82) is 0 Å². The van der Waals surface area contributed by atoms with Gasteiger partial charge in [-0.1, -0.05) is 31.4 Å². The minimum atomic E-state index is 0.635. The SMILES string of the molecule is Brc1nc2ccccc2n1C1CCCCC1. The van der Waals surface area contributed by atoms with E-state index in [0.717, 1.165) is 10.3 Å². The van der Waals surface area contributed by atoms with Crippen molar-refractivity contribution in [2.24, 2.45) is 0 Å². The van der Waals surface area contributed by atoms with Crippen LogP contribution in [0.15, 0.2) is 29.0 Å². The highest BCUT2D eigenvalue weighted by Gasteiger charge is 2.19. The Balaban J connectivity index is 2.10. The van der Waals surface area contributed by atoms with Gasteiger partial charge in [0, 0.05) is 6.04 Å². The third-order valence-corrected chi connectivity index (χ3v) is 4.05. The Morgan fingerprint density at radius 1 is 1.12 bits per heavy atom. The molecule has 0 aliphatic heterocycles. The number of imidazole rings is 1. The Morgan fingerprint density at radius 2 is 1.88 bits per heavy atom. The van der Waals surface area contributed by atoms with Crippen molar-refractivity contribution in [3.8, 4) is 0 Å². The van der Waals surface area contributed by atoms with Gasteiger partial charge in [-0.15, -0.1) is 0 Å². The maximum absolute atomic E-state index is 4.57. The van der Waals surface area contributed by atoms with Crippen molar-refractivity contribution in [2.45, 2.75) is 38.1 Å². The van der Waals surface area contributed by atoms with Crippen LogP contribution in [0.2, 0.25) is 0 Å². The van der Waals surface area contributed by atoms with E-state index in [1.165, 1.54) is 37.6 Å². The first-order chi connectivity index (χ1) is 7.86. The molecular formula is C13H15BrN2. The average molecular weight is 279 g/mol. The fourth-order valence-electron chi connectivity index (χ4n) is 2.70. The number of nitrogens with zero attached hydrogens (tertiary/aromatic N) is 2. The molecule has 0 saturated heterocycles. The predicted octanol–water partition coefficient (Wildman–Crippen LogP) is 4.30. The Kier molecular flexibility index (Phi) is 2.72. The number of hydrogen-bond donors (Lipinski definition) is 0. The van der Waals surface area contributed by atoms with E-state index in [1.54, 1.807) is 0 Å². The molecule has 3 rings (SSSR count). The Hall–Kier alpha value is -0.830. The lowest BCUT2D eigenvalue weighted by Crippen LogP contribution is -2.12. The summed E-state index contributed by atoms with van der Waals surface area (Å²) < 4.78 is 3.36. The third kappa shape index (κ3) is 1.67. The molecule has 0 radical (unpaired) electrons. The van der Waals surface area contributed by atoms with Crippen LogP contribution < -0.4 is 0 Å². The van der Waals surface area contributed by atoms with E-state index in [2.05, 4.69) is 43.7 Å². The molecule has 0 amide bonds. The lowest BCUT2D eigenvalue weighted by atomic mass is 9.95. The Morgan fingerprint density at radius 3 is 2.69 bits per heavy atom. The van der Waals surface area contributed by atoms with Gasteiger partial charge in [-0.3, -0.25) is 0 Å². The smallest absolute Gasteiger partial charge is 0.178 e. The van der Waals surface area contributed by atoms with Crippen molar-refractivity contribution < 1.29 is 0 Å². The summed E-state index contributed by atoms with van der Waals surface area (Å²) in [6, 6.07) is 9.03. The normalized spacial score (nSPS) is 18.1. The third-order valence-electron chi connectivity index (χ3n) is 3.49. The van der Waals surface area contributed by atoms with E-state index in [0.29, 0.717) is 6.04 Å². The van der Waals surface area contributed by atoms with Gasteiger partial charge < -0.3 is 4.57 Å². The van der Waals surface area contributed by atoms with Gasteiger partial charge in [-0.25, -0.2) is 4.98 Å². The highest BCUT2D eigenvalue weighted by molar-refractivity contribution is 9.10. The molecule has 84 valence electrons. The summed E-state index contributed by atoms with van der Waals surface area (Å²) in [6.45, 7) is 0. The van der Waals surface area contributed by atoms with E-state index in [1.807, 2.05) is 6.07 Å². The van der Waals surface area contributed by atoms with Gasteiger partial charge in [0.25, 0.3) is 0 Å². The molecule has 1 heterocycles. The molecule has 1 fully saturated rings. The van der Waals surface area contributed by atoms with Crippen molar-refractivity contribution >= 4 is 27.0 Å². The Bertz CT molecular complexity index is 498. The first-order valence-electron chi connectivity index (χ1n) is 5.99. The van der Waals surface area contributed by atoms with Crippen LogP contribution in [-0.4, -0.2) is 9.55 Å². The molecule has 16 heavy (non-hydrogen) atoms. The number of para-hydroxylation sites is 2. The Labute approximate surface area is 104 Å². The number of fused-ring (bicyclic) bond motifs is 1. The summed E-state index contributed by atoms with van der Waals surface area (Å²) >= 11 is 3.60. The van der Waals surface area contributed by atoms with Gasteiger partial charge >= 0.3 is 0 Å². The molecule has 1 aliphatic carbocycles. The second-order valence-electron chi connectivity index (χ2n) is 4.53. The fourth-order valence-corrected chi connectivity index (χ4v) is 3.37. The largest absolute Gasteiger partial charge is 0.315 e. The zero-order valence-corrected chi connectivity index (χ0v) is 10.8. The second-order valence-corrected chi connectivity index (χ2v) is 5.24. The zero-order chi connectivity index (χ0) is 11.0. The molecule has 1 aromatic carbocycles. The number of aromatic nitrogens is 2. The molecule has 2 nitrogen and oxygen atoms in total. The second kappa shape index (κ2) is 4.21. The number of benzene rings is 1. The molecule has 1 aromatic heterocycles. The van der Waals surface area contributed by atoms with Crippen LogP contribution >= 0.6 is 15.9 Å². The minimum Gasteiger partial charge on any atom is -0.315 e. The molecule has 3 heteroatoms.